The second-order valence-electron chi connectivity index (χ2n) is 6.87. The van der Waals surface area contributed by atoms with Crippen molar-refractivity contribution in [1.82, 2.24) is 0 Å². The van der Waals surface area contributed by atoms with Gasteiger partial charge in [-0.25, -0.2) is 0 Å². The summed E-state index contributed by atoms with van der Waals surface area (Å²) in [6.07, 6.45) is 0. The van der Waals surface area contributed by atoms with E-state index in [-0.39, 0.29) is 0 Å². The van der Waals surface area contributed by atoms with Crippen molar-refractivity contribution in [3.8, 4) is 11.5 Å². The summed E-state index contributed by atoms with van der Waals surface area (Å²) in [7, 11) is 0. The minimum Gasteiger partial charge on any atom is -0.457 e. The van der Waals surface area contributed by atoms with Crippen molar-refractivity contribution in [2.24, 2.45) is 0 Å². The molecule has 0 aromatic heterocycles. The molecule has 0 saturated carbocycles. The molecule has 1 heterocycles. The fourth-order valence-electron chi connectivity index (χ4n) is 4.23. The Hall–Kier alpha value is -2.36. The number of halogens is 2. The van der Waals surface area contributed by atoms with Crippen molar-refractivity contribution in [2.75, 3.05) is 0 Å². The largest absolute Gasteiger partial charge is 0.457 e. The fourth-order valence-corrected chi connectivity index (χ4v) is 5.03. The minimum atomic E-state index is -0.473. The lowest BCUT2D eigenvalue weighted by Crippen LogP contribution is -2.34. The first-order valence-corrected chi connectivity index (χ1v) is 10.7. The zero-order valence-corrected chi connectivity index (χ0v) is 18.1. The molecule has 4 aromatic rings. The number of para-hydroxylation sites is 2. The highest BCUT2D eigenvalue weighted by Crippen LogP contribution is 2.55. The van der Waals surface area contributed by atoms with E-state index in [0.29, 0.717) is 0 Å². The van der Waals surface area contributed by atoms with Crippen molar-refractivity contribution in [1.29, 1.82) is 0 Å². The Kier molecular flexibility index (Phi) is 4.37. The number of fused-ring (bicyclic) bond motifs is 2. The van der Waals surface area contributed by atoms with Gasteiger partial charge in [0.1, 0.15) is 11.5 Å². The Bertz CT molecular complexity index is 1090. The van der Waals surface area contributed by atoms with Crippen LogP contribution in [0.1, 0.15) is 22.3 Å². The van der Waals surface area contributed by atoms with Crippen LogP contribution in [0.15, 0.2) is 106 Å². The zero-order valence-electron chi connectivity index (χ0n) is 14.9. The molecule has 0 unspecified atom stereocenters. The lowest BCUT2D eigenvalue weighted by atomic mass is 9.64. The third-order valence-electron chi connectivity index (χ3n) is 5.32. The number of hydrogen-bond acceptors (Lipinski definition) is 1. The van der Waals surface area contributed by atoms with E-state index in [2.05, 4.69) is 117 Å². The second kappa shape index (κ2) is 6.91. The van der Waals surface area contributed by atoms with Crippen molar-refractivity contribution in [2.45, 2.75) is 5.41 Å². The van der Waals surface area contributed by atoms with Crippen LogP contribution in [-0.4, -0.2) is 0 Å². The quantitative estimate of drug-likeness (QED) is 0.246. The van der Waals surface area contributed by atoms with Gasteiger partial charge in [-0.15, -0.1) is 0 Å². The summed E-state index contributed by atoms with van der Waals surface area (Å²) in [5.41, 5.74) is 4.21. The molecule has 0 fully saturated rings. The van der Waals surface area contributed by atoms with Crippen molar-refractivity contribution < 1.29 is 4.74 Å². The van der Waals surface area contributed by atoms with Gasteiger partial charge in [-0.1, -0.05) is 92.5 Å². The smallest absolute Gasteiger partial charge is 0.132 e. The monoisotopic (exact) mass is 490 g/mol. The van der Waals surface area contributed by atoms with Gasteiger partial charge in [0.15, 0.2) is 0 Å². The predicted molar refractivity (Wildman–Crippen MR) is 120 cm³/mol. The topological polar surface area (TPSA) is 9.23 Å². The molecule has 0 N–H and O–H groups in total. The first-order chi connectivity index (χ1) is 13.7. The van der Waals surface area contributed by atoms with E-state index in [4.69, 9.17) is 4.74 Å². The molecule has 0 amide bonds. The van der Waals surface area contributed by atoms with E-state index in [1.807, 2.05) is 12.1 Å². The molecule has 5 rings (SSSR count). The first kappa shape index (κ1) is 17.7. The Balaban J connectivity index is 1.98. The standard InChI is InChI=1S/C25H16Br2O/c26-19-9-5-7-17(15-19)25(18-8-6-10-20(27)16-18)21-11-1-3-13-23(21)28-24-14-4-2-12-22(24)25/h1-16H. The molecule has 0 radical (unpaired) electrons. The number of benzene rings is 4. The minimum absolute atomic E-state index is 0.473. The molecule has 1 aliphatic rings. The molecule has 136 valence electrons. The van der Waals surface area contributed by atoms with Gasteiger partial charge >= 0.3 is 0 Å². The molecule has 28 heavy (non-hydrogen) atoms. The SMILES string of the molecule is Brc1cccc(C2(c3cccc(Br)c3)c3ccccc3Oc3ccccc32)c1. The van der Waals surface area contributed by atoms with Crippen LogP contribution in [0.3, 0.4) is 0 Å². The summed E-state index contributed by atoms with van der Waals surface area (Å²) in [5.74, 6) is 1.78. The molecule has 3 heteroatoms. The summed E-state index contributed by atoms with van der Waals surface area (Å²) in [6.45, 7) is 0. The van der Waals surface area contributed by atoms with Crippen LogP contribution in [0.5, 0.6) is 11.5 Å². The maximum atomic E-state index is 6.31. The highest BCUT2D eigenvalue weighted by atomic mass is 79.9. The van der Waals surface area contributed by atoms with Crippen LogP contribution in [0.25, 0.3) is 0 Å². The molecule has 1 aliphatic heterocycles. The Morgan fingerprint density at radius 2 is 1.00 bits per heavy atom. The summed E-state index contributed by atoms with van der Waals surface area (Å²) >= 11 is 7.36. The van der Waals surface area contributed by atoms with Gasteiger partial charge in [0.05, 0.1) is 5.41 Å². The second-order valence-corrected chi connectivity index (χ2v) is 8.70. The van der Waals surface area contributed by atoms with E-state index in [1.54, 1.807) is 0 Å². The van der Waals surface area contributed by atoms with Crippen molar-refractivity contribution in [3.63, 3.8) is 0 Å². The average molecular weight is 492 g/mol. The fraction of sp³-hybridized carbons (Fsp3) is 0.0400. The Morgan fingerprint density at radius 3 is 1.46 bits per heavy atom. The molecule has 0 atom stereocenters. The van der Waals surface area contributed by atoms with Gasteiger partial charge in [0.25, 0.3) is 0 Å². The van der Waals surface area contributed by atoms with Crippen LogP contribution < -0.4 is 4.74 Å². The van der Waals surface area contributed by atoms with Gasteiger partial charge in [0.2, 0.25) is 0 Å². The molecule has 1 nitrogen and oxygen atoms in total. The first-order valence-electron chi connectivity index (χ1n) is 9.08. The molecule has 0 saturated heterocycles. The molecular formula is C25H16Br2O. The van der Waals surface area contributed by atoms with Gasteiger partial charge in [-0.3, -0.25) is 0 Å². The third kappa shape index (κ3) is 2.65. The molecule has 4 aromatic carbocycles. The molecular weight excluding hydrogens is 476 g/mol. The lowest BCUT2D eigenvalue weighted by molar-refractivity contribution is 0.434. The van der Waals surface area contributed by atoms with Crippen molar-refractivity contribution in [3.05, 3.63) is 128 Å². The van der Waals surface area contributed by atoms with E-state index in [1.165, 1.54) is 11.1 Å². The lowest BCUT2D eigenvalue weighted by Gasteiger charge is -2.41. The highest BCUT2D eigenvalue weighted by Gasteiger charge is 2.45. The van der Waals surface area contributed by atoms with Crippen LogP contribution in [0, 0.1) is 0 Å². The van der Waals surface area contributed by atoms with Crippen LogP contribution in [0.4, 0.5) is 0 Å². The van der Waals surface area contributed by atoms with E-state index >= 15 is 0 Å². The summed E-state index contributed by atoms with van der Waals surface area (Å²) in [5, 5.41) is 0. The summed E-state index contributed by atoms with van der Waals surface area (Å²) < 4.78 is 8.43. The molecule has 0 spiro atoms. The van der Waals surface area contributed by atoms with Gasteiger partial charge in [-0.2, -0.15) is 0 Å². The Labute approximate surface area is 181 Å². The molecule has 0 aliphatic carbocycles. The number of ether oxygens (including phenoxy) is 1. The van der Waals surface area contributed by atoms with Gasteiger partial charge in [0, 0.05) is 20.1 Å². The van der Waals surface area contributed by atoms with Crippen LogP contribution in [0.2, 0.25) is 0 Å². The highest BCUT2D eigenvalue weighted by molar-refractivity contribution is 9.10. The summed E-state index contributed by atoms with van der Waals surface area (Å²) in [4.78, 5) is 0. The normalized spacial score (nSPS) is 13.9. The zero-order chi connectivity index (χ0) is 19.1. The average Bonchev–Trinajstić information content (AvgIpc) is 2.72. The van der Waals surface area contributed by atoms with E-state index in [9.17, 15) is 0 Å². The predicted octanol–water partition coefficient (Wildman–Crippen LogP) is 7.70. The summed E-state index contributed by atoms with van der Waals surface area (Å²) in [6, 6.07) is 33.8. The third-order valence-corrected chi connectivity index (χ3v) is 6.30. The van der Waals surface area contributed by atoms with Crippen LogP contribution >= 0.6 is 31.9 Å². The number of rotatable bonds is 2. The van der Waals surface area contributed by atoms with Gasteiger partial charge < -0.3 is 4.74 Å². The maximum Gasteiger partial charge on any atom is 0.132 e. The van der Waals surface area contributed by atoms with E-state index < -0.39 is 5.41 Å². The van der Waals surface area contributed by atoms with Crippen molar-refractivity contribution >= 4 is 31.9 Å². The van der Waals surface area contributed by atoms with Gasteiger partial charge in [-0.05, 0) is 47.5 Å². The van der Waals surface area contributed by atoms with E-state index in [0.717, 1.165) is 31.6 Å². The Morgan fingerprint density at radius 1 is 0.536 bits per heavy atom. The maximum absolute atomic E-state index is 6.31. The molecule has 0 bridgehead atoms. The van der Waals surface area contributed by atoms with Crippen LogP contribution in [-0.2, 0) is 5.41 Å². The number of hydrogen-bond donors (Lipinski definition) is 0.